The van der Waals surface area contributed by atoms with Gasteiger partial charge in [-0.05, 0) is 59.4 Å². The molecule has 5 nitrogen and oxygen atoms in total. The van der Waals surface area contributed by atoms with E-state index < -0.39 is 47.8 Å². The fourth-order valence-electron chi connectivity index (χ4n) is 8.70. The molecule has 4 atom stereocenters. The SMILES string of the molecule is CO[C@@H](c1ccccc1)[C@@H](c1ccccc1)N1C[C@H](c2ccnc(Cl)c2)[C@@]2(C(=O)Nc3cc(Cl)ccc32)C12CC(CF)(CF)C2. The predicted octanol–water partition coefficient (Wildman–Crippen LogP) is 8.26. The van der Waals surface area contributed by atoms with Gasteiger partial charge in [0.1, 0.15) is 16.7 Å². The summed E-state index contributed by atoms with van der Waals surface area (Å²) in [5.41, 5.74) is 0.731. The van der Waals surface area contributed by atoms with Crippen molar-refractivity contribution in [2.45, 2.75) is 41.9 Å². The summed E-state index contributed by atoms with van der Waals surface area (Å²) in [6.45, 7) is -1.24. The summed E-state index contributed by atoms with van der Waals surface area (Å²) in [6.07, 6.45) is 1.47. The average Bonchev–Trinajstić information content (AvgIpc) is 3.51. The normalized spacial score (nSPS) is 24.3. The first kappa shape index (κ1) is 30.3. The van der Waals surface area contributed by atoms with E-state index in [1.807, 2.05) is 60.7 Å². The highest BCUT2D eigenvalue weighted by molar-refractivity contribution is 6.31. The molecule has 1 saturated carbocycles. The number of nitrogens with zero attached hydrogens (tertiary/aromatic N) is 2. The number of halogens is 4. The quantitative estimate of drug-likeness (QED) is 0.196. The highest BCUT2D eigenvalue weighted by atomic mass is 35.5. The number of fused-ring (bicyclic) bond motifs is 3. The number of likely N-dealkylation sites (tertiary alicyclic amines) is 1. The van der Waals surface area contributed by atoms with E-state index in [9.17, 15) is 13.6 Å². The highest BCUT2D eigenvalue weighted by Gasteiger charge is 2.78. The minimum atomic E-state index is -1.21. The van der Waals surface area contributed by atoms with Crippen LogP contribution in [0.4, 0.5) is 14.5 Å². The van der Waals surface area contributed by atoms with Gasteiger partial charge < -0.3 is 10.1 Å². The fourth-order valence-corrected chi connectivity index (χ4v) is 9.05. The molecule has 0 bridgehead atoms. The van der Waals surface area contributed by atoms with Crippen LogP contribution in [0.25, 0.3) is 0 Å². The largest absolute Gasteiger partial charge is 0.375 e. The van der Waals surface area contributed by atoms with Crippen LogP contribution in [-0.2, 0) is 14.9 Å². The molecule has 1 amide bonds. The van der Waals surface area contributed by atoms with Crippen molar-refractivity contribution in [2.75, 3.05) is 32.3 Å². The van der Waals surface area contributed by atoms with Crippen molar-refractivity contribution in [3.05, 3.63) is 130 Å². The van der Waals surface area contributed by atoms with Crippen LogP contribution >= 0.6 is 23.2 Å². The van der Waals surface area contributed by atoms with Crippen molar-refractivity contribution in [1.82, 2.24) is 9.88 Å². The molecule has 0 radical (unpaired) electrons. The molecule has 1 N–H and O–H groups in total. The lowest BCUT2D eigenvalue weighted by Crippen LogP contribution is -2.71. The maximum atomic E-state index is 14.8. The Kier molecular flexibility index (Phi) is 7.72. The average molecular weight is 649 g/mol. The number of benzene rings is 3. The van der Waals surface area contributed by atoms with Crippen LogP contribution in [0.5, 0.6) is 0 Å². The summed E-state index contributed by atoms with van der Waals surface area (Å²) >= 11 is 12.9. The van der Waals surface area contributed by atoms with Gasteiger partial charge in [-0.2, -0.15) is 0 Å². The molecule has 232 valence electrons. The third-order valence-electron chi connectivity index (χ3n) is 10.4. The molecule has 45 heavy (non-hydrogen) atoms. The predicted molar refractivity (Wildman–Crippen MR) is 172 cm³/mol. The number of rotatable bonds is 8. The number of ether oxygens (including phenoxy) is 1. The van der Waals surface area contributed by atoms with E-state index in [1.165, 1.54) is 0 Å². The van der Waals surface area contributed by atoms with Gasteiger partial charge in [0.2, 0.25) is 5.91 Å². The zero-order chi connectivity index (χ0) is 31.4. The zero-order valence-corrected chi connectivity index (χ0v) is 26.2. The highest BCUT2D eigenvalue weighted by Crippen LogP contribution is 2.72. The molecule has 3 aromatic carbocycles. The second kappa shape index (κ2) is 11.5. The first-order valence-electron chi connectivity index (χ1n) is 15.1. The van der Waals surface area contributed by atoms with Crippen LogP contribution in [0.3, 0.4) is 0 Å². The standard InChI is InChI=1S/C36H33Cl2F2N3O2/c1-45-32(24-10-6-3-7-11-24)31(23-8-4-2-5-9-23)43-18-28(25-14-15-41-30(38)16-25)36(35(43)19-34(20-35,21-39)22-40)27-13-12-26(37)17-29(27)42-33(36)44/h2-17,28,31-32H,18-22H2,1H3,(H,42,44)/t28-,31-,32+,36+/m1/s1. The number of hydrogen-bond donors (Lipinski definition) is 1. The maximum Gasteiger partial charge on any atom is 0.237 e. The molecule has 4 aromatic rings. The second-order valence-corrected chi connectivity index (χ2v) is 13.5. The van der Waals surface area contributed by atoms with E-state index in [0.717, 1.165) is 22.3 Å². The summed E-state index contributed by atoms with van der Waals surface area (Å²) < 4.78 is 36.0. The Morgan fingerprint density at radius 3 is 2.24 bits per heavy atom. The monoisotopic (exact) mass is 647 g/mol. The van der Waals surface area contributed by atoms with Gasteiger partial charge in [0, 0.05) is 47.4 Å². The van der Waals surface area contributed by atoms with E-state index in [4.69, 9.17) is 27.9 Å². The van der Waals surface area contributed by atoms with Crippen molar-refractivity contribution in [2.24, 2.45) is 5.41 Å². The zero-order valence-electron chi connectivity index (χ0n) is 24.7. The first-order valence-corrected chi connectivity index (χ1v) is 15.8. The Hall–Kier alpha value is -3.36. The number of alkyl halides is 2. The van der Waals surface area contributed by atoms with E-state index in [0.29, 0.717) is 22.4 Å². The summed E-state index contributed by atoms with van der Waals surface area (Å²) in [4.78, 5) is 21.3. The Balaban J connectivity index is 1.53. The minimum Gasteiger partial charge on any atom is -0.375 e. The van der Waals surface area contributed by atoms with Gasteiger partial charge in [-0.3, -0.25) is 18.5 Å². The second-order valence-electron chi connectivity index (χ2n) is 12.6. The molecule has 3 heterocycles. The van der Waals surface area contributed by atoms with Crippen molar-refractivity contribution in [1.29, 1.82) is 0 Å². The number of carbonyl (C=O) groups is 1. The third kappa shape index (κ3) is 4.46. The Labute approximate surface area is 271 Å². The van der Waals surface area contributed by atoms with Gasteiger partial charge >= 0.3 is 0 Å². The molecule has 7 rings (SSSR count). The van der Waals surface area contributed by atoms with E-state index in [2.05, 4.69) is 27.3 Å². The van der Waals surface area contributed by atoms with Gasteiger partial charge in [-0.15, -0.1) is 0 Å². The molecule has 2 aliphatic heterocycles. The molecule has 0 unspecified atom stereocenters. The van der Waals surface area contributed by atoms with Crippen LogP contribution in [0, 0.1) is 5.41 Å². The summed E-state index contributed by atoms with van der Waals surface area (Å²) in [5, 5.41) is 3.92. The molecule has 2 fully saturated rings. The smallest absolute Gasteiger partial charge is 0.237 e. The summed E-state index contributed by atoms with van der Waals surface area (Å²) in [6, 6.07) is 28.7. The molecule has 3 aliphatic rings. The Morgan fingerprint density at radius 1 is 0.956 bits per heavy atom. The number of nitrogens with one attached hydrogen (secondary N) is 1. The third-order valence-corrected chi connectivity index (χ3v) is 10.8. The number of hydrogen-bond acceptors (Lipinski definition) is 4. The van der Waals surface area contributed by atoms with Crippen LogP contribution in [0.1, 0.15) is 53.2 Å². The van der Waals surface area contributed by atoms with Crippen molar-refractivity contribution in [3.8, 4) is 0 Å². The molecule has 1 aliphatic carbocycles. The Morgan fingerprint density at radius 2 is 1.62 bits per heavy atom. The van der Waals surface area contributed by atoms with Gasteiger partial charge in [-0.1, -0.05) is 89.9 Å². The van der Waals surface area contributed by atoms with Crippen molar-refractivity contribution < 1.29 is 18.3 Å². The van der Waals surface area contributed by atoms with Gasteiger partial charge in [-0.25, -0.2) is 4.98 Å². The van der Waals surface area contributed by atoms with E-state index in [-0.39, 0.29) is 18.7 Å². The summed E-state index contributed by atoms with van der Waals surface area (Å²) in [7, 11) is 1.68. The molecule has 1 saturated heterocycles. The number of anilines is 1. The number of amides is 1. The Bertz CT molecular complexity index is 1710. The van der Waals surface area contributed by atoms with Crippen LogP contribution in [0.2, 0.25) is 10.2 Å². The molecule has 9 heteroatoms. The van der Waals surface area contributed by atoms with Crippen LogP contribution in [0.15, 0.2) is 97.2 Å². The summed E-state index contributed by atoms with van der Waals surface area (Å²) in [5.74, 6) is -0.649. The van der Waals surface area contributed by atoms with Gasteiger partial charge in [0.05, 0.1) is 19.4 Å². The number of pyridine rings is 1. The van der Waals surface area contributed by atoms with Crippen LogP contribution in [-0.4, -0.2) is 48.3 Å². The maximum absolute atomic E-state index is 14.8. The van der Waals surface area contributed by atoms with E-state index >= 15 is 0 Å². The molecular formula is C36H33Cl2F2N3O2. The lowest BCUT2D eigenvalue weighted by Gasteiger charge is -2.63. The van der Waals surface area contributed by atoms with Crippen molar-refractivity contribution >= 4 is 34.8 Å². The number of aromatic nitrogens is 1. The van der Waals surface area contributed by atoms with Gasteiger partial charge in [0.25, 0.3) is 0 Å². The number of carbonyl (C=O) groups excluding carboxylic acids is 1. The molecular weight excluding hydrogens is 615 g/mol. The molecule has 2 spiro atoms. The minimum absolute atomic E-state index is 0.145. The fraction of sp³-hybridized carbons (Fsp3) is 0.333. The molecule has 1 aromatic heterocycles. The van der Waals surface area contributed by atoms with Crippen LogP contribution < -0.4 is 5.32 Å². The topological polar surface area (TPSA) is 54.5 Å². The number of methoxy groups -OCH3 is 1. The lowest BCUT2D eigenvalue weighted by molar-refractivity contribution is -0.158. The van der Waals surface area contributed by atoms with Gasteiger partial charge in [0.15, 0.2) is 0 Å². The lowest BCUT2D eigenvalue weighted by atomic mass is 9.45. The van der Waals surface area contributed by atoms with Crippen molar-refractivity contribution in [3.63, 3.8) is 0 Å². The van der Waals surface area contributed by atoms with E-state index in [1.54, 1.807) is 31.5 Å². The first-order chi connectivity index (χ1) is 21.8.